The summed E-state index contributed by atoms with van der Waals surface area (Å²) in [6, 6.07) is 12.0. The van der Waals surface area contributed by atoms with E-state index < -0.39 is 5.41 Å². The van der Waals surface area contributed by atoms with Crippen LogP contribution in [0.4, 0.5) is 23.1 Å². The van der Waals surface area contributed by atoms with Gasteiger partial charge < -0.3 is 29.7 Å². The second kappa shape index (κ2) is 9.34. The summed E-state index contributed by atoms with van der Waals surface area (Å²) < 4.78 is 17.2. The lowest BCUT2D eigenvalue weighted by molar-refractivity contribution is -0.118. The summed E-state index contributed by atoms with van der Waals surface area (Å²) in [4.78, 5) is 24.7. The number of hydrogen-bond acceptors (Lipinski definition) is 9. The lowest BCUT2D eigenvalue weighted by Crippen LogP contribution is -2.46. The van der Waals surface area contributed by atoms with Crippen LogP contribution in [0.25, 0.3) is 10.9 Å². The fourth-order valence-corrected chi connectivity index (χ4v) is 6.55. The average Bonchev–Trinajstić information content (AvgIpc) is 3.50. The van der Waals surface area contributed by atoms with Crippen LogP contribution in [0.3, 0.4) is 0 Å². The summed E-state index contributed by atoms with van der Waals surface area (Å²) in [7, 11) is 3.27. The lowest BCUT2D eigenvalue weighted by Gasteiger charge is -2.36. The summed E-state index contributed by atoms with van der Waals surface area (Å²) in [5.41, 5.74) is 3.27. The molecule has 1 saturated carbocycles. The first-order chi connectivity index (χ1) is 19.8. The van der Waals surface area contributed by atoms with E-state index in [-0.39, 0.29) is 24.0 Å². The van der Waals surface area contributed by atoms with Crippen LogP contribution in [-0.2, 0) is 14.9 Å². The van der Waals surface area contributed by atoms with Crippen LogP contribution in [-0.4, -0.2) is 65.6 Å². The normalized spacial score (nSPS) is 24.9. The smallest absolute Gasteiger partial charge is 0.235 e. The van der Waals surface area contributed by atoms with E-state index in [0.717, 1.165) is 45.7 Å². The summed E-state index contributed by atoms with van der Waals surface area (Å²) in [6.45, 7) is 7.41. The van der Waals surface area contributed by atoms with Crippen LogP contribution >= 0.6 is 0 Å². The minimum Gasteiger partial charge on any atom is -0.497 e. The second-order valence-corrected chi connectivity index (χ2v) is 11.2. The number of H-pyrrole nitrogens is 1. The number of ether oxygens (including phenoxy) is 3. The van der Waals surface area contributed by atoms with Crippen LogP contribution in [0.1, 0.15) is 43.1 Å². The van der Waals surface area contributed by atoms with Crippen molar-refractivity contribution in [2.45, 2.75) is 50.7 Å². The molecule has 0 radical (unpaired) electrons. The van der Waals surface area contributed by atoms with Crippen LogP contribution < -0.4 is 25.0 Å². The number of nitrogens with one attached hydrogen (secondary N) is 3. The standard InChI is InChI=1S/C30H33N7O4/c1-15-13-37(14-16(2)41-15)28-25(40-5)27(31-17(3)32-28)34-26-20-8-6-18(10-24(20)35-36-26)22-12-30(22)21-11-19(39-4)7-9-23(21)33-29(30)38/h6-11,15-16,22H,12-14H2,1-5H3,(H,33,38)(H2,31,32,34,35,36)/t15-,16+,22?,30-/m0/s1. The number of rotatable bonds is 6. The first kappa shape index (κ1) is 25.6. The Hall–Kier alpha value is -4.38. The highest BCUT2D eigenvalue weighted by molar-refractivity contribution is 6.10. The lowest BCUT2D eigenvalue weighted by atomic mass is 9.91. The molecule has 1 aliphatic carbocycles. The van der Waals surface area contributed by atoms with Gasteiger partial charge in [-0.25, -0.2) is 9.97 Å². The number of hydrogen-bond donors (Lipinski definition) is 3. The summed E-state index contributed by atoms with van der Waals surface area (Å²) in [6.07, 6.45) is 0.912. The third kappa shape index (κ3) is 4.06. The summed E-state index contributed by atoms with van der Waals surface area (Å²) in [5, 5.41) is 15.1. The van der Waals surface area contributed by atoms with Crippen molar-refractivity contribution in [2.24, 2.45) is 0 Å². The Morgan fingerprint density at radius 2 is 1.85 bits per heavy atom. The van der Waals surface area contributed by atoms with Crippen LogP contribution in [0.5, 0.6) is 11.5 Å². The Morgan fingerprint density at radius 1 is 1.05 bits per heavy atom. The minimum absolute atomic E-state index is 0.0453. The molecule has 0 bridgehead atoms. The van der Waals surface area contributed by atoms with E-state index in [1.165, 1.54) is 0 Å². The van der Waals surface area contributed by atoms with Gasteiger partial charge in [0.2, 0.25) is 11.7 Å². The molecule has 3 N–H and O–H groups in total. The quantitative estimate of drug-likeness (QED) is 0.317. The molecular formula is C30H33N7O4. The molecule has 11 heteroatoms. The van der Waals surface area contributed by atoms with Gasteiger partial charge in [0.25, 0.3) is 0 Å². The number of amides is 1. The molecule has 2 aromatic carbocycles. The number of nitrogens with zero attached hydrogens (tertiary/aromatic N) is 4. The number of methoxy groups -OCH3 is 2. The number of anilines is 4. The van der Waals surface area contributed by atoms with Crippen molar-refractivity contribution >= 4 is 40.0 Å². The Bertz CT molecular complexity index is 1680. The topological polar surface area (TPSA) is 127 Å². The van der Waals surface area contributed by atoms with Gasteiger partial charge in [-0.2, -0.15) is 5.10 Å². The number of aryl methyl sites for hydroxylation is 1. The molecule has 4 aromatic rings. The second-order valence-electron chi connectivity index (χ2n) is 11.2. The zero-order valence-corrected chi connectivity index (χ0v) is 23.7. The molecule has 212 valence electrons. The van der Waals surface area contributed by atoms with E-state index in [1.807, 2.05) is 31.2 Å². The monoisotopic (exact) mass is 555 g/mol. The van der Waals surface area contributed by atoms with Crippen molar-refractivity contribution in [3.05, 3.63) is 53.3 Å². The fraction of sp³-hybridized carbons (Fsp3) is 0.400. The molecule has 1 spiro atoms. The molecule has 4 heterocycles. The van der Waals surface area contributed by atoms with Crippen molar-refractivity contribution in [3.8, 4) is 11.5 Å². The number of carbonyl (C=O) groups excluding carboxylic acids is 1. The van der Waals surface area contributed by atoms with E-state index in [2.05, 4.69) is 56.7 Å². The van der Waals surface area contributed by atoms with Gasteiger partial charge in [-0.3, -0.25) is 9.89 Å². The number of aromatic amines is 1. The maximum Gasteiger partial charge on any atom is 0.235 e. The van der Waals surface area contributed by atoms with Crippen LogP contribution in [0.15, 0.2) is 36.4 Å². The van der Waals surface area contributed by atoms with Gasteiger partial charge in [0.05, 0.1) is 37.4 Å². The average molecular weight is 556 g/mol. The number of benzene rings is 2. The van der Waals surface area contributed by atoms with E-state index >= 15 is 0 Å². The van der Waals surface area contributed by atoms with Gasteiger partial charge in [0, 0.05) is 30.1 Å². The number of carbonyl (C=O) groups is 1. The fourth-order valence-electron chi connectivity index (χ4n) is 6.55. The predicted molar refractivity (Wildman–Crippen MR) is 156 cm³/mol. The maximum absolute atomic E-state index is 13.1. The van der Waals surface area contributed by atoms with Crippen molar-refractivity contribution in [2.75, 3.05) is 42.8 Å². The van der Waals surface area contributed by atoms with Gasteiger partial charge in [0.15, 0.2) is 17.5 Å². The van der Waals surface area contributed by atoms with E-state index in [1.54, 1.807) is 14.2 Å². The number of aromatic nitrogens is 4. The molecule has 3 aliphatic rings. The highest BCUT2D eigenvalue weighted by Gasteiger charge is 2.65. The first-order valence-electron chi connectivity index (χ1n) is 13.9. The molecule has 1 saturated heterocycles. The predicted octanol–water partition coefficient (Wildman–Crippen LogP) is 4.41. The van der Waals surface area contributed by atoms with Gasteiger partial charge in [-0.15, -0.1) is 0 Å². The van der Waals surface area contributed by atoms with Gasteiger partial charge in [-0.1, -0.05) is 6.07 Å². The largest absolute Gasteiger partial charge is 0.497 e. The van der Waals surface area contributed by atoms with Gasteiger partial charge in [-0.05, 0) is 68.7 Å². The SMILES string of the molecule is COc1ccc2c(c1)[C@]1(CC1c1ccc3c(Nc4nc(C)nc(N5C[C@@H](C)O[C@@H](C)C5)c4OC)n[nH]c3c1)C(=O)N2. The molecule has 4 atom stereocenters. The minimum atomic E-state index is -0.560. The van der Waals surface area contributed by atoms with E-state index in [4.69, 9.17) is 19.2 Å². The Labute approximate surface area is 237 Å². The summed E-state index contributed by atoms with van der Waals surface area (Å²) in [5.74, 6) is 3.98. The Kier molecular flexibility index (Phi) is 5.82. The van der Waals surface area contributed by atoms with Crippen LogP contribution in [0.2, 0.25) is 0 Å². The summed E-state index contributed by atoms with van der Waals surface area (Å²) >= 11 is 0. The van der Waals surface area contributed by atoms with E-state index in [9.17, 15) is 4.79 Å². The van der Waals surface area contributed by atoms with Crippen molar-refractivity contribution in [1.82, 2.24) is 20.2 Å². The zero-order valence-electron chi connectivity index (χ0n) is 23.7. The van der Waals surface area contributed by atoms with Crippen molar-refractivity contribution in [3.63, 3.8) is 0 Å². The van der Waals surface area contributed by atoms with Crippen molar-refractivity contribution in [1.29, 1.82) is 0 Å². The van der Waals surface area contributed by atoms with Crippen LogP contribution in [0, 0.1) is 6.92 Å². The van der Waals surface area contributed by atoms with Crippen molar-refractivity contribution < 1.29 is 19.0 Å². The van der Waals surface area contributed by atoms with Gasteiger partial charge in [0.1, 0.15) is 11.6 Å². The molecule has 7 rings (SSSR count). The molecule has 1 amide bonds. The molecule has 11 nitrogen and oxygen atoms in total. The molecule has 41 heavy (non-hydrogen) atoms. The number of morpholine rings is 1. The zero-order chi connectivity index (χ0) is 28.5. The van der Waals surface area contributed by atoms with E-state index in [0.29, 0.717) is 36.3 Å². The third-order valence-corrected chi connectivity index (χ3v) is 8.43. The Morgan fingerprint density at radius 3 is 2.61 bits per heavy atom. The molecule has 2 aromatic heterocycles. The highest BCUT2D eigenvalue weighted by Crippen LogP contribution is 2.65. The molecule has 1 unspecified atom stereocenters. The van der Waals surface area contributed by atoms with Gasteiger partial charge >= 0.3 is 0 Å². The maximum atomic E-state index is 13.1. The highest BCUT2D eigenvalue weighted by atomic mass is 16.5. The third-order valence-electron chi connectivity index (χ3n) is 8.43. The molecular weight excluding hydrogens is 522 g/mol. The molecule has 2 aliphatic heterocycles. The molecule has 2 fully saturated rings. The first-order valence-corrected chi connectivity index (χ1v) is 13.9. The number of fused-ring (bicyclic) bond motifs is 3. The Balaban J connectivity index is 1.19.